The van der Waals surface area contributed by atoms with Crippen molar-refractivity contribution in [3.05, 3.63) is 35.6 Å². The molecule has 2 atom stereocenters. The van der Waals surface area contributed by atoms with Crippen LogP contribution in [-0.4, -0.2) is 30.0 Å². The summed E-state index contributed by atoms with van der Waals surface area (Å²) in [5, 5.41) is 6.29. The smallest absolute Gasteiger partial charge is 0.222 e. The average Bonchev–Trinajstić information content (AvgIpc) is 2.40. The molecule has 1 aromatic rings. The lowest BCUT2D eigenvalue weighted by molar-refractivity contribution is -0.122. The molecule has 1 fully saturated rings. The van der Waals surface area contributed by atoms with Gasteiger partial charge in [-0.15, -0.1) is 0 Å². The maximum Gasteiger partial charge on any atom is 0.222 e. The van der Waals surface area contributed by atoms with Gasteiger partial charge in [-0.2, -0.15) is 11.8 Å². The molecule has 0 saturated carbocycles. The summed E-state index contributed by atoms with van der Waals surface area (Å²) in [6.45, 7) is 2.88. The highest BCUT2D eigenvalue weighted by atomic mass is 32.2. The summed E-state index contributed by atoms with van der Waals surface area (Å²) in [7, 11) is 0. The molecule has 2 N–H and O–H groups in total. The van der Waals surface area contributed by atoms with Crippen LogP contribution in [0.4, 0.5) is 4.39 Å². The molecule has 3 nitrogen and oxygen atoms in total. The van der Waals surface area contributed by atoms with E-state index in [1.807, 2.05) is 18.7 Å². The van der Waals surface area contributed by atoms with E-state index in [1.54, 1.807) is 12.1 Å². The van der Waals surface area contributed by atoms with E-state index in [2.05, 4.69) is 10.6 Å². The van der Waals surface area contributed by atoms with E-state index in [1.165, 1.54) is 12.1 Å². The molecule has 19 heavy (non-hydrogen) atoms. The predicted octanol–water partition coefficient (Wildman–Crippen LogP) is 2.10. The number of rotatable bonds is 4. The first-order valence-electron chi connectivity index (χ1n) is 6.51. The monoisotopic (exact) mass is 282 g/mol. The maximum absolute atomic E-state index is 12.8. The fraction of sp³-hybridized carbons (Fsp3) is 0.500. The zero-order chi connectivity index (χ0) is 13.7. The van der Waals surface area contributed by atoms with Crippen molar-refractivity contribution in [2.45, 2.75) is 25.4 Å². The van der Waals surface area contributed by atoms with Gasteiger partial charge >= 0.3 is 0 Å². The largest absolute Gasteiger partial charge is 0.350 e. The number of halogens is 1. The zero-order valence-corrected chi connectivity index (χ0v) is 11.8. The van der Waals surface area contributed by atoms with Gasteiger partial charge in [0.25, 0.3) is 0 Å². The molecule has 1 heterocycles. The van der Waals surface area contributed by atoms with Crippen molar-refractivity contribution in [3.8, 4) is 0 Å². The summed E-state index contributed by atoms with van der Waals surface area (Å²) < 4.78 is 12.8. The number of hydrogen-bond donors (Lipinski definition) is 2. The fourth-order valence-corrected chi connectivity index (χ4v) is 3.06. The third-order valence-corrected chi connectivity index (χ3v) is 4.31. The second-order valence-corrected chi connectivity index (χ2v) is 5.92. The van der Waals surface area contributed by atoms with E-state index >= 15 is 0 Å². The Morgan fingerprint density at radius 3 is 2.89 bits per heavy atom. The van der Waals surface area contributed by atoms with E-state index in [4.69, 9.17) is 0 Å². The maximum atomic E-state index is 12.8. The van der Waals surface area contributed by atoms with Gasteiger partial charge in [-0.1, -0.05) is 12.1 Å². The van der Waals surface area contributed by atoms with Crippen molar-refractivity contribution < 1.29 is 9.18 Å². The highest BCUT2D eigenvalue weighted by molar-refractivity contribution is 7.99. The molecule has 1 aliphatic rings. The molecule has 0 aliphatic carbocycles. The SMILES string of the molecule is C[C@@H](NC(=O)C[C@@H]1CSCCN1)c1ccc(F)cc1. The average molecular weight is 282 g/mol. The summed E-state index contributed by atoms with van der Waals surface area (Å²) in [4.78, 5) is 11.9. The van der Waals surface area contributed by atoms with Crippen LogP contribution in [0, 0.1) is 5.82 Å². The van der Waals surface area contributed by atoms with Crippen molar-refractivity contribution in [1.29, 1.82) is 0 Å². The Hall–Kier alpha value is -1.07. The highest BCUT2D eigenvalue weighted by Crippen LogP contribution is 2.14. The predicted molar refractivity (Wildman–Crippen MR) is 76.7 cm³/mol. The van der Waals surface area contributed by atoms with E-state index in [9.17, 15) is 9.18 Å². The molecule has 1 saturated heterocycles. The van der Waals surface area contributed by atoms with Crippen LogP contribution >= 0.6 is 11.8 Å². The number of carbonyl (C=O) groups excluding carboxylic acids is 1. The molecular weight excluding hydrogens is 263 g/mol. The lowest BCUT2D eigenvalue weighted by Gasteiger charge is -2.23. The van der Waals surface area contributed by atoms with Crippen LogP contribution in [0.2, 0.25) is 0 Å². The van der Waals surface area contributed by atoms with Gasteiger partial charge in [-0.25, -0.2) is 4.39 Å². The third kappa shape index (κ3) is 4.51. The Labute approximate surface area is 117 Å². The molecule has 0 radical (unpaired) electrons. The van der Waals surface area contributed by atoms with E-state index < -0.39 is 0 Å². The summed E-state index contributed by atoms with van der Waals surface area (Å²) in [6.07, 6.45) is 0.499. The van der Waals surface area contributed by atoms with Crippen molar-refractivity contribution in [3.63, 3.8) is 0 Å². The van der Waals surface area contributed by atoms with E-state index in [0.717, 1.165) is 23.6 Å². The Morgan fingerprint density at radius 2 is 2.26 bits per heavy atom. The normalized spacial score (nSPS) is 20.8. The first-order chi connectivity index (χ1) is 9.15. The standard InChI is InChI=1S/C14H19FN2OS/c1-10(11-2-4-12(15)5-3-11)17-14(18)8-13-9-19-7-6-16-13/h2-5,10,13,16H,6-9H2,1H3,(H,17,18)/t10-,13-/m1/s1. The Bertz CT molecular complexity index is 418. The molecule has 5 heteroatoms. The fourth-order valence-electron chi connectivity index (χ4n) is 2.11. The Morgan fingerprint density at radius 1 is 1.53 bits per heavy atom. The first-order valence-corrected chi connectivity index (χ1v) is 7.66. The highest BCUT2D eigenvalue weighted by Gasteiger charge is 2.18. The minimum atomic E-state index is -0.259. The molecule has 0 spiro atoms. The summed E-state index contributed by atoms with van der Waals surface area (Å²) in [6, 6.07) is 6.40. The molecule has 2 rings (SSSR count). The number of nitrogens with one attached hydrogen (secondary N) is 2. The van der Waals surface area contributed by atoms with Crippen LogP contribution < -0.4 is 10.6 Å². The molecular formula is C14H19FN2OS. The molecule has 0 unspecified atom stereocenters. The van der Waals surface area contributed by atoms with Gasteiger partial charge in [0.05, 0.1) is 6.04 Å². The Balaban J connectivity index is 1.82. The van der Waals surface area contributed by atoms with Crippen molar-refractivity contribution in [2.75, 3.05) is 18.1 Å². The van der Waals surface area contributed by atoms with Crippen LogP contribution in [0.15, 0.2) is 24.3 Å². The van der Waals surface area contributed by atoms with E-state index in [-0.39, 0.29) is 23.8 Å². The summed E-state index contributed by atoms with van der Waals surface area (Å²) >= 11 is 1.88. The lowest BCUT2D eigenvalue weighted by atomic mass is 10.1. The van der Waals surface area contributed by atoms with Crippen LogP contribution in [0.3, 0.4) is 0 Å². The third-order valence-electron chi connectivity index (χ3n) is 3.18. The second kappa shape index (κ2) is 6.91. The molecule has 1 aromatic carbocycles. The van der Waals surface area contributed by atoms with Gasteiger partial charge in [-0.3, -0.25) is 4.79 Å². The molecule has 0 bridgehead atoms. The number of thioether (sulfide) groups is 1. The van der Waals surface area contributed by atoms with Crippen LogP contribution in [0.25, 0.3) is 0 Å². The minimum absolute atomic E-state index is 0.0387. The van der Waals surface area contributed by atoms with E-state index in [0.29, 0.717) is 6.42 Å². The van der Waals surface area contributed by atoms with Gasteiger partial charge in [0.15, 0.2) is 0 Å². The second-order valence-electron chi connectivity index (χ2n) is 4.77. The zero-order valence-electron chi connectivity index (χ0n) is 11.0. The van der Waals surface area contributed by atoms with Crippen LogP contribution in [0.1, 0.15) is 24.9 Å². The number of benzene rings is 1. The van der Waals surface area contributed by atoms with Gasteiger partial charge in [0, 0.05) is 30.5 Å². The quantitative estimate of drug-likeness (QED) is 0.888. The molecule has 1 amide bonds. The van der Waals surface area contributed by atoms with Crippen LogP contribution in [0.5, 0.6) is 0 Å². The van der Waals surface area contributed by atoms with Gasteiger partial charge in [0.1, 0.15) is 5.82 Å². The van der Waals surface area contributed by atoms with Crippen LogP contribution in [-0.2, 0) is 4.79 Å². The molecule has 104 valence electrons. The number of carbonyl (C=O) groups is 1. The molecule has 0 aromatic heterocycles. The topological polar surface area (TPSA) is 41.1 Å². The number of amides is 1. The minimum Gasteiger partial charge on any atom is -0.350 e. The number of hydrogen-bond acceptors (Lipinski definition) is 3. The van der Waals surface area contributed by atoms with Crippen molar-refractivity contribution in [2.24, 2.45) is 0 Å². The van der Waals surface area contributed by atoms with Gasteiger partial charge in [-0.05, 0) is 24.6 Å². The molecule has 1 aliphatic heterocycles. The lowest BCUT2D eigenvalue weighted by Crippen LogP contribution is -2.41. The first kappa shape index (κ1) is 14.3. The van der Waals surface area contributed by atoms with Crippen molar-refractivity contribution >= 4 is 17.7 Å². The van der Waals surface area contributed by atoms with Crippen molar-refractivity contribution in [1.82, 2.24) is 10.6 Å². The summed E-state index contributed by atoms with van der Waals surface area (Å²) in [5.74, 6) is 1.88. The van der Waals surface area contributed by atoms with Gasteiger partial charge in [0.2, 0.25) is 5.91 Å². The van der Waals surface area contributed by atoms with Gasteiger partial charge < -0.3 is 10.6 Å². The summed E-state index contributed by atoms with van der Waals surface area (Å²) in [5.41, 5.74) is 0.917. The Kier molecular flexibility index (Phi) is 5.22.